The largest absolute Gasteiger partial charge is 0.375 e. The van der Waals surface area contributed by atoms with Gasteiger partial charge in [-0.1, -0.05) is 49.2 Å². The maximum absolute atomic E-state index is 12.1. The molecule has 2 aromatic carbocycles. The molecule has 0 radical (unpaired) electrons. The molecule has 0 spiro atoms. The van der Waals surface area contributed by atoms with Gasteiger partial charge in [-0.15, -0.1) is 0 Å². The molecule has 0 aliphatic carbocycles. The summed E-state index contributed by atoms with van der Waals surface area (Å²) >= 11 is 13.7. The smallest absolute Gasteiger partial charge is 0.239 e. The number of anilines is 1. The van der Waals surface area contributed by atoms with Crippen LogP contribution in [0.2, 0.25) is 10.0 Å². The highest BCUT2D eigenvalue weighted by molar-refractivity contribution is 7.98. The molecule has 0 fully saturated rings. The van der Waals surface area contributed by atoms with E-state index in [1.165, 1.54) is 6.26 Å². The van der Waals surface area contributed by atoms with Crippen LogP contribution in [0.4, 0.5) is 5.69 Å². The van der Waals surface area contributed by atoms with E-state index in [4.69, 9.17) is 23.2 Å². The molecule has 0 aliphatic heterocycles. The van der Waals surface area contributed by atoms with E-state index in [9.17, 15) is 13.2 Å². The number of carbonyl (C=O) groups is 1. The predicted octanol–water partition coefficient (Wildman–Crippen LogP) is 4.98. The zero-order valence-electron chi connectivity index (χ0n) is 17.2. The van der Waals surface area contributed by atoms with Crippen molar-refractivity contribution in [3.8, 4) is 0 Å². The normalized spacial score (nSPS) is 11.5. The third-order valence-electron chi connectivity index (χ3n) is 4.35. The molecule has 0 saturated heterocycles. The highest BCUT2D eigenvalue weighted by atomic mass is 35.5. The van der Waals surface area contributed by atoms with Gasteiger partial charge < -0.3 is 10.6 Å². The second-order valence-electron chi connectivity index (χ2n) is 7.17. The Morgan fingerprint density at radius 3 is 2.50 bits per heavy atom. The fourth-order valence-corrected chi connectivity index (χ4v) is 4.98. The molecule has 5 nitrogen and oxygen atoms in total. The van der Waals surface area contributed by atoms with Crippen LogP contribution in [-0.2, 0) is 20.4 Å². The van der Waals surface area contributed by atoms with Crippen molar-refractivity contribution >= 4 is 56.4 Å². The number of thioether (sulfide) groups is 1. The number of carbonyl (C=O) groups excluding carboxylic acids is 1. The molecule has 2 N–H and O–H groups in total. The summed E-state index contributed by atoms with van der Waals surface area (Å²) in [6.07, 6.45) is 1.17. The molecule has 0 saturated carbocycles. The first-order valence-electron chi connectivity index (χ1n) is 9.44. The maximum Gasteiger partial charge on any atom is 0.239 e. The number of nitrogens with one attached hydrogen (secondary N) is 2. The minimum absolute atomic E-state index is 0.00275. The predicted molar refractivity (Wildman–Crippen MR) is 128 cm³/mol. The number of hydrogen-bond acceptors (Lipinski definition) is 5. The van der Waals surface area contributed by atoms with Crippen molar-refractivity contribution in [2.45, 2.75) is 30.4 Å². The van der Waals surface area contributed by atoms with Gasteiger partial charge in [-0.25, -0.2) is 8.42 Å². The molecular weight excluding hydrogens is 463 g/mol. The Morgan fingerprint density at radius 1 is 1.13 bits per heavy atom. The fraction of sp³-hybridized carbons (Fsp3) is 0.381. The lowest BCUT2D eigenvalue weighted by atomic mass is 10.0. The summed E-state index contributed by atoms with van der Waals surface area (Å²) in [6.45, 7) is 4.50. The van der Waals surface area contributed by atoms with Crippen LogP contribution in [0, 0.1) is 0 Å². The monoisotopic (exact) mass is 488 g/mol. The Balaban J connectivity index is 1.80. The van der Waals surface area contributed by atoms with Crippen molar-refractivity contribution < 1.29 is 13.2 Å². The minimum atomic E-state index is -3.41. The number of rotatable bonds is 10. The summed E-state index contributed by atoms with van der Waals surface area (Å²) in [5, 5.41) is 7.00. The molecule has 1 amide bonds. The summed E-state index contributed by atoms with van der Waals surface area (Å²) in [5.41, 5.74) is 2.37. The first-order valence-corrected chi connectivity index (χ1v) is 13.2. The zero-order valence-corrected chi connectivity index (χ0v) is 20.3. The van der Waals surface area contributed by atoms with E-state index < -0.39 is 9.84 Å². The van der Waals surface area contributed by atoms with Crippen molar-refractivity contribution in [1.82, 2.24) is 5.32 Å². The van der Waals surface area contributed by atoms with E-state index in [1.807, 2.05) is 26.0 Å². The Morgan fingerprint density at radius 2 is 1.87 bits per heavy atom. The molecule has 0 atom stereocenters. The first kappa shape index (κ1) is 24.9. The lowest BCUT2D eigenvalue weighted by Crippen LogP contribution is -2.31. The molecule has 2 aromatic rings. The third kappa shape index (κ3) is 7.69. The van der Waals surface area contributed by atoms with Crippen LogP contribution in [0.25, 0.3) is 0 Å². The SMILES string of the molecule is CC(C)c1ccc(NCC(=O)NCCSCc2ccc(Cl)cc2Cl)c(S(C)(=O)=O)c1. The van der Waals surface area contributed by atoms with Gasteiger partial charge in [0.15, 0.2) is 9.84 Å². The second-order valence-corrected chi connectivity index (χ2v) is 11.1. The quantitative estimate of drug-likeness (QED) is 0.461. The number of benzene rings is 2. The Bertz CT molecular complexity index is 996. The molecule has 30 heavy (non-hydrogen) atoms. The Kier molecular flexibility index (Phi) is 9.34. The van der Waals surface area contributed by atoms with E-state index in [-0.39, 0.29) is 23.3 Å². The van der Waals surface area contributed by atoms with Crippen molar-refractivity contribution in [3.05, 3.63) is 57.6 Å². The van der Waals surface area contributed by atoms with Crippen LogP contribution in [0.5, 0.6) is 0 Å². The van der Waals surface area contributed by atoms with Crippen molar-refractivity contribution in [1.29, 1.82) is 0 Å². The van der Waals surface area contributed by atoms with Crippen LogP contribution in [-0.4, -0.2) is 39.4 Å². The molecule has 9 heteroatoms. The van der Waals surface area contributed by atoms with E-state index in [1.54, 1.807) is 36.0 Å². The minimum Gasteiger partial charge on any atom is -0.375 e. The molecule has 0 unspecified atom stereocenters. The van der Waals surface area contributed by atoms with Crippen LogP contribution < -0.4 is 10.6 Å². The average molecular weight is 489 g/mol. The standard InChI is InChI=1S/C21H26Cl2N2O3S2/c1-14(2)15-5-7-19(20(10-15)30(3,27)28)25-12-21(26)24-8-9-29-13-16-4-6-17(22)11-18(16)23/h4-7,10-11,14,25H,8-9,12-13H2,1-3H3,(H,24,26). The van der Waals surface area contributed by atoms with Gasteiger partial charge in [0.25, 0.3) is 0 Å². The van der Waals surface area contributed by atoms with Gasteiger partial charge in [-0.05, 0) is 41.3 Å². The molecule has 2 rings (SSSR count). The number of sulfone groups is 1. The van der Waals surface area contributed by atoms with Gasteiger partial charge in [0, 0.05) is 34.4 Å². The van der Waals surface area contributed by atoms with E-state index in [2.05, 4.69) is 10.6 Å². The van der Waals surface area contributed by atoms with E-state index >= 15 is 0 Å². The molecule has 0 aromatic heterocycles. The molecular formula is C21H26Cl2N2O3S2. The fourth-order valence-electron chi connectivity index (χ4n) is 2.67. The number of amides is 1. The number of halogens is 2. The van der Waals surface area contributed by atoms with Gasteiger partial charge in [0.05, 0.1) is 17.1 Å². The number of hydrogen-bond donors (Lipinski definition) is 2. The van der Waals surface area contributed by atoms with Crippen LogP contribution in [0.3, 0.4) is 0 Å². The molecule has 0 aliphatic rings. The van der Waals surface area contributed by atoms with Crippen molar-refractivity contribution in [2.24, 2.45) is 0 Å². The van der Waals surface area contributed by atoms with Gasteiger partial charge in [-0.2, -0.15) is 11.8 Å². The summed E-state index contributed by atoms with van der Waals surface area (Å²) < 4.78 is 24.2. The molecule has 0 heterocycles. The summed E-state index contributed by atoms with van der Waals surface area (Å²) in [6, 6.07) is 10.7. The second kappa shape index (κ2) is 11.3. The van der Waals surface area contributed by atoms with E-state index in [0.717, 1.165) is 22.6 Å². The summed E-state index contributed by atoms with van der Waals surface area (Å²) in [7, 11) is -3.41. The van der Waals surface area contributed by atoms with E-state index in [0.29, 0.717) is 22.3 Å². The maximum atomic E-state index is 12.1. The van der Waals surface area contributed by atoms with Crippen LogP contribution in [0.15, 0.2) is 41.3 Å². The topological polar surface area (TPSA) is 75.3 Å². The summed E-state index contributed by atoms with van der Waals surface area (Å²) in [5.74, 6) is 1.46. The molecule has 0 bridgehead atoms. The Labute approximate surface area is 192 Å². The van der Waals surface area contributed by atoms with Gasteiger partial charge in [0.1, 0.15) is 0 Å². The van der Waals surface area contributed by atoms with Crippen LogP contribution in [0.1, 0.15) is 30.9 Å². The Hall–Kier alpha value is -1.41. The van der Waals surface area contributed by atoms with Gasteiger partial charge >= 0.3 is 0 Å². The van der Waals surface area contributed by atoms with Crippen molar-refractivity contribution in [3.63, 3.8) is 0 Å². The summed E-state index contributed by atoms with van der Waals surface area (Å²) in [4.78, 5) is 12.3. The first-order chi connectivity index (χ1) is 14.1. The highest BCUT2D eigenvalue weighted by Crippen LogP contribution is 2.26. The van der Waals surface area contributed by atoms with Crippen LogP contribution >= 0.6 is 35.0 Å². The third-order valence-corrected chi connectivity index (χ3v) is 7.08. The van der Waals surface area contributed by atoms with Crippen molar-refractivity contribution in [2.75, 3.05) is 30.4 Å². The van der Waals surface area contributed by atoms with Gasteiger partial charge in [0.2, 0.25) is 5.91 Å². The lowest BCUT2D eigenvalue weighted by molar-refractivity contribution is -0.119. The van der Waals surface area contributed by atoms with Gasteiger partial charge in [-0.3, -0.25) is 4.79 Å². The average Bonchev–Trinajstić information content (AvgIpc) is 2.66. The lowest BCUT2D eigenvalue weighted by Gasteiger charge is -2.14. The zero-order chi connectivity index (χ0) is 22.3. The molecule has 164 valence electrons. The highest BCUT2D eigenvalue weighted by Gasteiger charge is 2.16.